The molecule has 3 heteroatoms. The van der Waals surface area contributed by atoms with E-state index >= 15 is 0 Å². The zero-order valence-electron chi connectivity index (χ0n) is 13.9. The van der Waals surface area contributed by atoms with E-state index in [-0.39, 0.29) is 5.41 Å². The Balaban J connectivity index is 2.39. The molecule has 0 aliphatic heterocycles. The average molecular weight is 277 g/mol. The van der Waals surface area contributed by atoms with Crippen molar-refractivity contribution in [2.45, 2.75) is 84.6 Å². The van der Waals surface area contributed by atoms with Crippen LogP contribution >= 0.6 is 0 Å². The van der Waals surface area contributed by atoms with Crippen molar-refractivity contribution in [3.63, 3.8) is 0 Å². The molecule has 0 spiro atoms. The van der Waals surface area contributed by atoms with Crippen LogP contribution in [0.5, 0.6) is 0 Å². The lowest BCUT2D eigenvalue weighted by atomic mass is 9.81. The van der Waals surface area contributed by atoms with Gasteiger partial charge >= 0.3 is 0 Å². The Morgan fingerprint density at radius 2 is 2.00 bits per heavy atom. The minimum absolute atomic E-state index is 0.0574. The molecule has 1 fully saturated rings. The molecule has 2 rings (SSSR count). The fraction of sp³-hybridized carbons (Fsp3) is 0.824. The highest BCUT2D eigenvalue weighted by Crippen LogP contribution is 2.39. The van der Waals surface area contributed by atoms with Crippen molar-refractivity contribution in [3.8, 4) is 0 Å². The van der Waals surface area contributed by atoms with E-state index in [1.165, 1.54) is 31.4 Å². The Kier molecular flexibility index (Phi) is 4.46. The number of imidazole rings is 1. The first-order valence-electron chi connectivity index (χ1n) is 8.21. The van der Waals surface area contributed by atoms with E-state index in [0.717, 1.165) is 30.5 Å². The van der Waals surface area contributed by atoms with Crippen molar-refractivity contribution >= 4 is 5.82 Å². The molecule has 2 atom stereocenters. The summed E-state index contributed by atoms with van der Waals surface area (Å²) in [5, 5.41) is 0. The van der Waals surface area contributed by atoms with E-state index in [4.69, 9.17) is 10.7 Å². The average Bonchev–Trinajstić information content (AvgIpc) is 2.68. The normalized spacial score (nSPS) is 24.1. The highest BCUT2D eigenvalue weighted by atomic mass is 15.2. The van der Waals surface area contributed by atoms with Gasteiger partial charge in [0.05, 0.1) is 5.69 Å². The molecule has 1 aromatic rings. The van der Waals surface area contributed by atoms with Crippen LogP contribution in [0.4, 0.5) is 5.82 Å². The second-order valence-corrected chi connectivity index (χ2v) is 7.58. The van der Waals surface area contributed by atoms with Gasteiger partial charge < -0.3 is 10.3 Å². The maximum atomic E-state index is 6.46. The molecule has 0 aromatic carbocycles. The standard InChI is InChI=1S/C17H31N3/c1-6-10-20-15(18)14(19-16(20)17(3,4)5)13-9-7-8-12(2)11-13/h12-13H,6-11,18H2,1-5H3. The summed E-state index contributed by atoms with van der Waals surface area (Å²) in [5.41, 5.74) is 7.70. The number of hydrogen-bond acceptors (Lipinski definition) is 2. The Hall–Kier alpha value is -0.990. The molecule has 1 aromatic heterocycles. The van der Waals surface area contributed by atoms with Crippen LogP contribution in [-0.4, -0.2) is 9.55 Å². The number of nitrogens with two attached hydrogens (primary N) is 1. The summed E-state index contributed by atoms with van der Waals surface area (Å²) in [6, 6.07) is 0. The Morgan fingerprint density at radius 1 is 1.30 bits per heavy atom. The highest BCUT2D eigenvalue weighted by Gasteiger charge is 2.30. The highest BCUT2D eigenvalue weighted by molar-refractivity contribution is 5.42. The number of anilines is 1. The number of nitrogens with zero attached hydrogens (tertiary/aromatic N) is 2. The third-order valence-electron chi connectivity index (χ3n) is 4.48. The zero-order chi connectivity index (χ0) is 14.9. The zero-order valence-corrected chi connectivity index (χ0v) is 13.9. The van der Waals surface area contributed by atoms with Gasteiger partial charge in [0.2, 0.25) is 0 Å². The van der Waals surface area contributed by atoms with Crippen molar-refractivity contribution in [1.82, 2.24) is 9.55 Å². The van der Waals surface area contributed by atoms with Crippen LogP contribution in [0.15, 0.2) is 0 Å². The van der Waals surface area contributed by atoms with Crippen LogP contribution in [-0.2, 0) is 12.0 Å². The van der Waals surface area contributed by atoms with E-state index in [0.29, 0.717) is 5.92 Å². The van der Waals surface area contributed by atoms with Crippen LogP contribution in [0, 0.1) is 5.92 Å². The molecule has 20 heavy (non-hydrogen) atoms. The van der Waals surface area contributed by atoms with Gasteiger partial charge in [0.1, 0.15) is 11.6 Å². The molecule has 2 N–H and O–H groups in total. The molecule has 1 heterocycles. The lowest BCUT2D eigenvalue weighted by Gasteiger charge is -2.25. The van der Waals surface area contributed by atoms with E-state index < -0.39 is 0 Å². The minimum Gasteiger partial charge on any atom is -0.384 e. The molecule has 0 bridgehead atoms. The molecule has 114 valence electrons. The predicted molar refractivity (Wildman–Crippen MR) is 86.0 cm³/mol. The quantitative estimate of drug-likeness (QED) is 0.886. The Labute approximate surface area is 124 Å². The summed E-state index contributed by atoms with van der Waals surface area (Å²) in [4.78, 5) is 5.00. The largest absolute Gasteiger partial charge is 0.384 e. The molecule has 1 saturated carbocycles. The van der Waals surface area contributed by atoms with Crippen molar-refractivity contribution in [1.29, 1.82) is 0 Å². The number of aromatic nitrogens is 2. The van der Waals surface area contributed by atoms with Gasteiger partial charge in [-0.15, -0.1) is 0 Å². The summed E-state index contributed by atoms with van der Waals surface area (Å²) in [6.07, 6.45) is 6.28. The molecular weight excluding hydrogens is 246 g/mol. The van der Waals surface area contributed by atoms with Gasteiger partial charge in [-0.3, -0.25) is 0 Å². The first-order valence-corrected chi connectivity index (χ1v) is 8.21. The van der Waals surface area contributed by atoms with E-state index in [2.05, 4.69) is 39.2 Å². The Bertz CT molecular complexity index is 454. The van der Waals surface area contributed by atoms with Crippen LogP contribution in [0.1, 0.15) is 84.2 Å². The number of hydrogen-bond donors (Lipinski definition) is 1. The molecule has 0 amide bonds. The molecule has 0 saturated heterocycles. The summed E-state index contributed by atoms with van der Waals surface area (Å²) < 4.78 is 2.26. The summed E-state index contributed by atoms with van der Waals surface area (Å²) in [6.45, 7) is 12.2. The van der Waals surface area contributed by atoms with Crippen LogP contribution in [0.3, 0.4) is 0 Å². The summed E-state index contributed by atoms with van der Waals surface area (Å²) in [7, 11) is 0. The van der Waals surface area contributed by atoms with Gasteiger partial charge in [0.15, 0.2) is 0 Å². The first-order chi connectivity index (χ1) is 9.34. The smallest absolute Gasteiger partial charge is 0.127 e. The van der Waals surface area contributed by atoms with Crippen molar-refractivity contribution < 1.29 is 0 Å². The second-order valence-electron chi connectivity index (χ2n) is 7.58. The first kappa shape index (κ1) is 15.4. The van der Waals surface area contributed by atoms with E-state index in [9.17, 15) is 0 Å². The number of nitrogen functional groups attached to an aromatic ring is 1. The van der Waals surface area contributed by atoms with Gasteiger partial charge in [0.25, 0.3) is 0 Å². The summed E-state index contributed by atoms with van der Waals surface area (Å²) >= 11 is 0. The molecule has 0 radical (unpaired) electrons. The lowest BCUT2D eigenvalue weighted by Crippen LogP contribution is -2.19. The fourth-order valence-corrected chi connectivity index (χ4v) is 3.49. The van der Waals surface area contributed by atoms with Gasteiger partial charge in [-0.1, -0.05) is 47.5 Å². The topological polar surface area (TPSA) is 43.8 Å². The van der Waals surface area contributed by atoms with Crippen LogP contribution in [0.2, 0.25) is 0 Å². The second kappa shape index (κ2) is 5.79. The van der Waals surface area contributed by atoms with Gasteiger partial charge in [-0.25, -0.2) is 4.98 Å². The summed E-state index contributed by atoms with van der Waals surface area (Å²) in [5.74, 6) is 3.46. The van der Waals surface area contributed by atoms with Gasteiger partial charge in [0, 0.05) is 17.9 Å². The Morgan fingerprint density at radius 3 is 2.55 bits per heavy atom. The minimum atomic E-state index is 0.0574. The SMILES string of the molecule is CCCn1c(C(C)(C)C)nc(C2CCCC(C)C2)c1N. The van der Waals surface area contributed by atoms with E-state index in [1.54, 1.807) is 0 Å². The molecular formula is C17H31N3. The van der Waals surface area contributed by atoms with E-state index in [1.807, 2.05) is 0 Å². The third kappa shape index (κ3) is 3.02. The molecule has 1 aliphatic rings. The molecule has 3 nitrogen and oxygen atoms in total. The molecule has 1 aliphatic carbocycles. The third-order valence-corrected chi connectivity index (χ3v) is 4.48. The monoisotopic (exact) mass is 277 g/mol. The van der Waals surface area contributed by atoms with Gasteiger partial charge in [-0.05, 0) is 25.2 Å². The number of rotatable bonds is 3. The fourth-order valence-electron chi connectivity index (χ4n) is 3.49. The maximum Gasteiger partial charge on any atom is 0.127 e. The maximum absolute atomic E-state index is 6.46. The van der Waals surface area contributed by atoms with Crippen LogP contribution < -0.4 is 5.73 Å². The van der Waals surface area contributed by atoms with Crippen molar-refractivity contribution in [2.75, 3.05) is 5.73 Å². The predicted octanol–water partition coefficient (Wildman–Crippen LogP) is 4.47. The lowest BCUT2D eigenvalue weighted by molar-refractivity contribution is 0.340. The van der Waals surface area contributed by atoms with Crippen LogP contribution in [0.25, 0.3) is 0 Å². The van der Waals surface area contributed by atoms with Crippen molar-refractivity contribution in [2.24, 2.45) is 5.92 Å². The van der Waals surface area contributed by atoms with Gasteiger partial charge in [-0.2, -0.15) is 0 Å². The van der Waals surface area contributed by atoms with Crippen molar-refractivity contribution in [3.05, 3.63) is 11.5 Å². The molecule has 2 unspecified atom stereocenters.